The van der Waals surface area contributed by atoms with E-state index in [9.17, 15) is 4.79 Å². The lowest BCUT2D eigenvalue weighted by atomic mass is 10.2. The summed E-state index contributed by atoms with van der Waals surface area (Å²) in [6, 6.07) is 0. The zero-order valence-corrected chi connectivity index (χ0v) is 7.30. The number of rotatable bonds is 5. The molecule has 0 radical (unpaired) electrons. The molecular formula is C7H11BrO2. The van der Waals surface area contributed by atoms with Gasteiger partial charge in [0, 0.05) is 11.4 Å². The van der Waals surface area contributed by atoms with Gasteiger partial charge in [-0.05, 0) is 19.3 Å². The van der Waals surface area contributed by atoms with Crippen LogP contribution in [0.1, 0.15) is 19.3 Å². The minimum absolute atomic E-state index is 0.859. The number of alkyl halides is 1. The van der Waals surface area contributed by atoms with E-state index in [1.165, 1.54) is 6.08 Å². The van der Waals surface area contributed by atoms with Gasteiger partial charge in [0.15, 0.2) is 0 Å². The molecule has 0 saturated carbocycles. The third-order valence-corrected chi connectivity index (χ3v) is 1.58. The third-order valence-electron chi connectivity index (χ3n) is 1.01. The molecule has 0 heterocycles. The molecule has 58 valence electrons. The Labute approximate surface area is 69.1 Å². The van der Waals surface area contributed by atoms with E-state index in [4.69, 9.17) is 5.11 Å². The number of halogens is 1. The predicted octanol–water partition coefficient (Wildman–Crippen LogP) is 2.19. The van der Waals surface area contributed by atoms with E-state index >= 15 is 0 Å². The first kappa shape index (κ1) is 9.69. The Kier molecular flexibility index (Phi) is 6.59. The Bertz CT molecular complexity index is 121. The second-order valence-corrected chi connectivity index (χ2v) is 2.72. The molecule has 0 aromatic carbocycles. The molecule has 0 fully saturated rings. The van der Waals surface area contributed by atoms with Crippen molar-refractivity contribution in [2.24, 2.45) is 0 Å². The van der Waals surface area contributed by atoms with Crippen molar-refractivity contribution < 1.29 is 9.90 Å². The van der Waals surface area contributed by atoms with Gasteiger partial charge in [-0.2, -0.15) is 0 Å². The van der Waals surface area contributed by atoms with Crippen molar-refractivity contribution in [3.8, 4) is 0 Å². The van der Waals surface area contributed by atoms with Crippen molar-refractivity contribution >= 4 is 21.9 Å². The molecule has 0 spiro atoms. The van der Waals surface area contributed by atoms with Crippen LogP contribution in [-0.2, 0) is 4.79 Å². The molecule has 10 heavy (non-hydrogen) atoms. The molecule has 0 aromatic rings. The van der Waals surface area contributed by atoms with Crippen LogP contribution in [0, 0.1) is 0 Å². The molecule has 1 N–H and O–H groups in total. The highest BCUT2D eigenvalue weighted by Gasteiger charge is 1.85. The molecule has 2 nitrogen and oxygen atoms in total. The molecule has 0 aliphatic carbocycles. The number of aliphatic carboxylic acids is 1. The smallest absolute Gasteiger partial charge is 0.327 e. The molecular weight excluding hydrogens is 196 g/mol. The summed E-state index contributed by atoms with van der Waals surface area (Å²) in [7, 11) is 0. The first-order valence-corrected chi connectivity index (χ1v) is 4.35. The number of unbranched alkanes of at least 4 members (excludes halogenated alkanes) is 2. The second-order valence-electron chi connectivity index (χ2n) is 1.93. The zero-order valence-electron chi connectivity index (χ0n) is 5.72. The summed E-state index contributed by atoms with van der Waals surface area (Å²) in [5, 5.41) is 9.17. The average Bonchev–Trinajstić information content (AvgIpc) is 1.87. The summed E-state index contributed by atoms with van der Waals surface area (Å²) in [5.41, 5.74) is 0. The normalized spacial score (nSPS) is 10.5. The minimum atomic E-state index is -0.862. The van der Waals surface area contributed by atoms with Crippen LogP contribution in [-0.4, -0.2) is 16.4 Å². The molecule has 0 rings (SSSR count). The summed E-state index contributed by atoms with van der Waals surface area (Å²) < 4.78 is 0. The molecule has 0 aliphatic heterocycles. The molecule has 0 bridgehead atoms. The Morgan fingerprint density at radius 2 is 2.20 bits per heavy atom. The van der Waals surface area contributed by atoms with E-state index in [1.807, 2.05) is 0 Å². The molecule has 0 saturated heterocycles. The van der Waals surface area contributed by atoms with Crippen LogP contribution in [0.3, 0.4) is 0 Å². The first-order valence-electron chi connectivity index (χ1n) is 3.23. The van der Waals surface area contributed by atoms with Gasteiger partial charge in [0.1, 0.15) is 0 Å². The number of carboxylic acid groups (broad SMARTS) is 1. The minimum Gasteiger partial charge on any atom is -0.478 e. The molecule has 0 unspecified atom stereocenters. The number of carbonyl (C=O) groups is 1. The fourth-order valence-corrected chi connectivity index (χ4v) is 0.937. The Balaban J connectivity index is 3.10. The van der Waals surface area contributed by atoms with E-state index in [0.29, 0.717) is 0 Å². The van der Waals surface area contributed by atoms with Crippen molar-refractivity contribution in [1.29, 1.82) is 0 Å². The summed E-state index contributed by atoms with van der Waals surface area (Å²) in [6.07, 6.45) is 5.89. The van der Waals surface area contributed by atoms with Crippen LogP contribution in [0.25, 0.3) is 0 Å². The molecule has 3 heteroatoms. The molecule has 0 aromatic heterocycles. The van der Waals surface area contributed by atoms with Crippen LogP contribution in [0.4, 0.5) is 0 Å². The molecule has 0 aliphatic rings. The summed E-state index contributed by atoms with van der Waals surface area (Å²) >= 11 is 3.29. The maximum absolute atomic E-state index is 9.94. The highest BCUT2D eigenvalue weighted by molar-refractivity contribution is 9.09. The molecule has 0 atom stereocenters. The van der Waals surface area contributed by atoms with E-state index < -0.39 is 5.97 Å². The van der Waals surface area contributed by atoms with Crippen molar-refractivity contribution in [1.82, 2.24) is 0 Å². The standard InChI is InChI=1S/C7H11BrO2/c8-6-4-2-1-3-5-7(9)10/h3,5H,1-2,4,6H2,(H,9,10)/b5-3+. The fraction of sp³-hybridized carbons (Fsp3) is 0.571. The van der Waals surface area contributed by atoms with Gasteiger partial charge in [-0.15, -0.1) is 0 Å². The summed E-state index contributed by atoms with van der Waals surface area (Å²) in [6.45, 7) is 0. The van der Waals surface area contributed by atoms with Gasteiger partial charge in [-0.3, -0.25) is 0 Å². The quantitative estimate of drug-likeness (QED) is 0.426. The van der Waals surface area contributed by atoms with Crippen LogP contribution < -0.4 is 0 Å². The van der Waals surface area contributed by atoms with Crippen LogP contribution >= 0.6 is 15.9 Å². The van der Waals surface area contributed by atoms with Crippen LogP contribution in [0.2, 0.25) is 0 Å². The van der Waals surface area contributed by atoms with Crippen molar-refractivity contribution in [2.45, 2.75) is 19.3 Å². The monoisotopic (exact) mass is 206 g/mol. The van der Waals surface area contributed by atoms with Crippen molar-refractivity contribution in [3.05, 3.63) is 12.2 Å². The summed E-state index contributed by atoms with van der Waals surface area (Å²) in [4.78, 5) is 9.94. The van der Waals surface area contributed by atoms with Gasteiger partial charge in [0.2, 0.25) is 0 Å². The topological polar surface area (TPSA) is 37.3 Å². The lowest BCUT2D eigenvalue weighted by molar-refractivity contribution is -0.131. The third kappa shape index (κ3) is 7.69. The Morgan fingerprint density at radius 3 is 2.70 bits per heavy atom. The first-order chi connectivity index (χ1) is 4.77. The van der Waals surface area contributed by atoms with E-state index in [1.54, 1.807) is 6.08 Å². The fourth-order valence-electron chi connectivity index (χ4n) is 0.541. The SMILES string of the molecule is O=C(O)/C=C/CCCCBr. The lowest BCUT2D eigenvalue weighted by Gasteiger charge is -1.88. The van der Waals surface area contributed by atoms with Crippen molar-refractivity contribution in [2.75, 3.05) is 5.33 Å². The van der Waals surface area contributed by atoms with Gasteiger partial charge < -0.3 is 5.11 Å². The van der Waals surface area contributed by atoms with Gasteiger partial charge in [0.25, 0.3) is 0 Å². The maximum atomic E-state index is 9.94. The number of hydrogen-bond acceptors (Lipinski definition) is 1. The summed E-state index contributed by atoms with van der Waals surface area (Å²) in [5.74, 6) is -0.862. The number of allylic oxidation sites excluding steroid dienone is 1. The van der Waals surface area contributed by atoms with Gasteiger partial charge in [0.05, 0.1) is 0 Å². The highest BCUT2D eigenvalue weighted by atomic mass is 79.9. The van der Waals surface area contributed by atoms with E-state index in [-0.39, 0.29) is 0 Å². The number of carboxylic acids is 1. The predicted molar refractivity (Wildman–Crippen MR) is 44.4 cm³/mol. The largest absolute Gasteiger partial charge is 0.478 e. The Morgan fingerprint density at radius 1 is 1.50 bits per heavy atom. The Hall–Kier alpha value is -0.310. The number of hydrogen-bond donors (Lipinski definition) is 1. The van der Waals surface area contributed by atoms with Gasteiger partial charge in [-0.1, -0.05) is 22.0 Å². The van der Waals surface area contributed by atoms with Crippen LogP contribution in [0.15, 0.2) is 12.2 Å². The zero-order chi connectivity index (χ0) is 7.82. The maximum Gasteiger partial charge on any atom is 0.327 e. The van der Waals surface area contributed by atoms with Gasteiger partial charge >= 0.3 is 5.97 Å². The second kappa shape index (κ2) is 6.81. The van der Waals surface area contributed by atoms with E-state index in [0.717, 1.165) is 24.6 Å². The van der Waals surface area contributed by atoms with Gasteiger partial charge in [-0.25, -0.2) is 4.79 Å². The average molecular weight is 207 g/mol. The van der Waals surface area contributed by atoms with Crippen molar-refractivity contribution in [3.63, 3.8) is 0 Å². The lowest BCUT2D eigenvalue weighted by Crippen LogP contribution is -1.85. The highest BCUT2D eigenvalue weighted by Crippen LogP contribution is 1.98. The van der Waals surface area contributed by atoms with E-state index in [2.05, 4.69) is 15.9 Å². The van der Waals surface area contributed by atoms with Crippen LogP contribution in [0.5, 0.6) is 0 Å². The molecule has 0 amide bonds.